The number of anilines is 1. The molecule has 32 heavy (non-hydrogen) atoms. The van der Waals surface area contributed by atoms with Crippen molar-refractivity contribution in [3.63, 3.8) is 0 Å². The van der Waals surface area contributed by atoms with E-state index in [9.17, 15) is 23.4 Å². The van der Waals surface area contributed by atoms with Crippen molar-refractivity contribution in [3.8, 4) is 0 Å². The highest BCUT2D eigenvalue weighted by Crippen LogP contribution is 2.22. The lowest BCUT2D eigenvalue weighted by Gasteiger charge is -2.30. The van der Waals surface area contributed by atoms with Gasteiger partial charge in [0.25, 0.3) is 10.0 Å². The number of benzene rings is 2. The van der Waals surface area contributed by atoms with Crippen molar-refractivity contribution >= 4 is 21.8 Å². The number of nitrogen functional groups attached to an aromatic ring is 1. The number of carbonyl (C=O) groups is 1. The van der Waals surface area contributed by atoms with Gasteiger partial charge in [-0.05, 0) is 43.0 Å². The number of hydrogen-bond acceptors (Lipinski definition) is 6. The van der Waals surface area contributed by atoms with Crippen LogP contribution in [0, 0.1) is 0 Å². The van der Waals surface area contributed by atoms with Gasteiger partial charge in [0, 0.05) is 5.69 Å². The lowest BCUT2D eigenvalue weighted by Crippen LogP contribution is -2.50. The van der Waals surface area contributed by atoms with E-state index in [1.807, 2.05) is 19.9 Å². The number of nitrogens with one attached hydrogen (secondary N) is 1. The summed E-state index contributed by atoms with van der Waals surface area (Å²) in [4.78, 5) is 17.0. The second-order valence-corrected chi connectivity index (χ2v) is 9.25. The average Bonchev–Trinajstić information content (AvgIpc) is 2.76. The first-order valence-corrected chi connectivity index (χ1v) is 11.9. The number of hydrogen-bond donors (Lipinski definition) is 4. The molecule has 0 bridgehead atoms. The molecule has 0 saturated heterocycles. The Morgan fingerprint density at radius 1 is 1.12 bits per heavy atom. The van der Waals surface area contributed by atoms with Gasteiger partial charge in [0.1, 0.15) is 0 Å². The molecular formula is C22H31N3O6S. The molecule has 5 N–H and O–H groups in total. The third kappa shape index (κ3) is 7.20. The molecule has 176 valence electrons. The number of aliphatic hydroxyl groups is 1. The molecular weight excluding hydrogens is 434 g/mol. The molecule has 0 aliphatic rings. The molecule has 0 aliphatic carbocycles. The van der Waals surface area contributed by atoms with Crippen molar-refractivity contribution in [2.45, 2.75) is 56.3 Å². The van der Waals surface area contributed by atoms with Crippen molar-refractivity contribution < 1.29 is 28.3 Å². The fraction of sp³-hybridized carbons (Fsp3) is 0.409. The standard InChI is InChI=1S/C22H31N3O6S/c1-3-18(4-2)31-25(32(29,30)19-12-8-11-17(23)14-19)15-21(26)20(24-22(27)28)13-16-9-6-5-7-10-16/h5-12,14,18,20-21,24,26H,3-4,13,15,23H2,1-2H3,(H,27,28)/t20-,21-/m0/s1. The van der Waals surface area contributed by atoms with Crippen molar-refractivity contribution in [1.29, 1.82) is 0 Å². The summed E-state index contributed by atoms with van der Waals surface area (Å²) in [5.41, 5.74) is 6.81. The van der Waals surface area contributed by atoms with Gasteiger partial charge in [-0.1, -0.05) is 54.7 Å². The fourth-order valence-electron chi connectivity index (χ4n) is 3.18. The minimum Gasteiger partial charge on any atom is -0.465 e. The van der Waals surface area contributed by atoms with E-state index in [-0.39, 0.29) is 17.0 Å². The summed E-state index contributed by atoms with van der Waals surface area (Å²) in [5, 5.41) is 22.4. The molecule has 1 amide bonds. The largest absolute Gasteiger partial charge is 0.465 e. The lowest BCUT2D eigenvalue weighted by molar-refractivity contribution is -0.149. The zero-order valence-electron chi connectivity index (χ0n) is 18.2. The molecule has 0 saturated carbocycles. The Labute approximate surface area is 188 Å². The topological polar surface area (TPSA) is 142 Å². The van der Waals surface area contributed by atoms with Crippen molar-refractivity contribution in [2.24, 2.45) is 0 Å². The van der Waals surface area contributed by atoms with Crippen LogP contribution in [0.2, 0.25) is 0 Å². The summed E-state index contributed by atoms with van der Waals surface area (Å²) in [6.07, 6.45) is -1.83. The molecule has 0 aromatic heterocycles. The second kappa shape index (κ2) is 11.8. The van der Waals surface area contributed by atoms with Crippen molar-refractivity contribution in [1.82, 2.24) is 9.79 Å². The maximum Gasteiger partial charge on any atom is 0.404 e. The number of nitrogens with zero attached hydrogens (tertiary/aromatic N) is 1. The summed E-state index contributed by atoms with van der Waals surface area (Å²) >= 11 is 0. The molecule has 0 heterocycles. The smallest absolute Gasteiger partial charge is 0.404 e. The maximum absolute atomic E-state index is 13.3. The lowest BCUT2D eigenvalue weighted by atomic mass is 10.0. The Bertz CT molecular complexity index is 967. The summed E-state index contributed by atoms with van der Waals surface area (Å²) in [5.74, 6) is 0. The summed E-state index contributed by atoms with van der Waals surface area (Å²) in [6, 6.07) is 13.8. The molecule has 2 aromatic rings. The molecule has 0 radical (unpaired) electrons. The Balaban J connectivity index is 2.33. The van der Waals surface area contributed by atoms with E-state index in [1.165, 1.54) is 18.2 Å². The number of nitrogens with two attached hydrogens (primary N) is 1. The molecule has 10 heteroatoms. The molecule has 0 fully saturated rings. The highest BCUT2D eigenvalue weighted by atomic mass is 32.2. The quantitative estimate of drug-likeness (QED) is 0.279. The molecule has 0 unspecified atom stereocenters. The van der Waals surface area contributed by atoms with Crippen LogP contribution in [0.1, 0.15) is 32.3 Å². The van der Waals surface area contributed by atoms with Crippen molar-refractivity contribution in [3.05, 3.63) is 60.2 Å². The molecule has 0 aliphatic heterocycles. The van der Waals surface area contributed by atoms with Gasteiger partial charge >= 0.3 is 6.09 Å². The second-order valence-electron chi connectivity index (χ2n) is 7.42. The summed E-state index contributed by atoms with van der Waals surface area (Å²) < 4.78 is 27.3. The Hall–Kier alpha value is -2.66. The highest BCUT2D eigenvalue weighted by Gasteiger charge is 2.33. The monoisotopic (exact) mass is 465 g/mol. The van der Waals surface area contributed by atoms with Crippen LogP contribution < -0.4 is 11.1 Å². The number of hydroxylamine groups is 1. The Morgan fingerprint density at radius 2 is 1.78 bits per heavy atom. The van der Waals surface area contributed by atoms with Crippen LogP contribution in [0.5, 0.6) is 0 Å². The normalized spacial score (nSPS) is 13.8. The van der Waals surface area contributed by atoms with Gasteiger partial charge < -0.3 is 21.3 Å². The van der Waals surface area contributed by atoms with Gasteiger partial charge in [-0.2, -0.15) is 0 Å². The number of aliphatic hydroxyl groups excluding tert-OH is 1. The molecule has 2 atom stereocenters. The van der Waals surface area contributed by atoms with Crippen LogP contribution in [0.15, 0.2) is 59.5 Å². The number of amides is 1. The van der Waals surface area contributed by atoms with Crippen LogP contribution in [-0.4, -0.2) is 54.0 Å². The minimum atomic E-state index is -4.17. The molecule has 9 nitrogen and oxygen atoms in total. The first kappa shape index (κ1) is 25.6. The van der Waals surface area contributed by atoms with E-state index < -0.39 is 40.9 Å². The number of carboxylic acid groups (broad SMARTS) is 1. The van der Waals surface area contributed by atoms with Gasteiger partial charge in [-0.3, -0.25) is 4.84 Å². The number of rotatable bonds is 12. The highest BCUT2D eigenvalue weighted by molar-refractivity contribution is 7.89. The van der Waals surface area contributed by atoms with Gasteiger partial charge in [-0.25, -0.2) is 13.2 Å². The van der Waals surface area contributed by atoms with Crippen LogP contribution in [0.3, 0.4) is 0 Å². The minimum absolute atomic E-state index is 0.0820. The zero-order chi connectivity index (χ0) is 23.7. The third-order valence-corrected chi connectivity index (χ3v) is 6.63. The third-order valence-electron chi connectivity index (χ3n) is 5.01. The Morgan fingerprint density at radius 3 is 2.34 bits per heavy atom. The van der Waals surface area contributed by atoms with E-state index in [1.54, 1.807) is 30.3 Å². The van der Waals surface area contributed by atoms with Gasteiger partial charge in [-0.15, -0.1) is 0 Å². The van der Waals surface area contributed by atoms with Gasteiger partial charge in [0.05, 0.1) is 29.7 Å². The van der Waals surface area contributed by atoms with Crippen LogP contribution in [0.4, 0.5) is 10.5 Å². The number of sulfonamides is 1. The fourth-order valence-corrected chi connectivity index (χ4v) is 4.54. The summed E-state index contributed by atoms with van der Waals surface area (Å²) in [6.45, 7) is 3.26. The van der Waals surface area contributed by atoms with Crippen molar-refractivity contribution in [2.75, 3.05) is 12.3 Å². The van der Waals surface area contributed by atoms with Gasteiger partial charge in [0.15, 0.2) is 0 Å². The van der Waals surface area contributed by atoms with E-state index in [0.717, 1.165) is 10.0 Å². The predicted molar refractivity (Wildman–Crippen MR) is 121 cm³/mol. The average molecular weight is 466 g/mol. The first-order chi connectivity index (χ1) is 15.2. The maximum atomic E-state index is 13.3. The molecule has 2 rings (SSSR count). The SMILES string of the molecule is CCC(CC)ON(C[C@H](O)[C@H](Cc1ccccc1)NC(=O)O)S(=O)(=O)c1cccc(N)c1. The van der Waals surface area contributed by atoms with E-state index >= 15 is 0 Å². The Kier molecular flexibility index (Phi) is 9.45. The molecule has 0 spiro atoms. The first-order valence-electron chi connectivity index (χ1n) is 10.4. The van der Waals surface area contributed by atoms with Gasteiger partial charge in [0.2, 0.25) is 0 Å². The van der Waals surface area contributed by atoms with E-state index in [2.05, 4.69) is 5.32 Å². The summed E-state index contributed by atoms with van der Waals surface area (Å²) in [7, 11) is -4.17. The van der Waals surface area contributed by atoms with Crippen LogP contribution in [-0.2, 0) is 21.3 Å². The van der Waals surface area contributed by atoms with Crippen LogP contribution >= 0.6 is 0 Å². The van der Waals surface area contributed by atoms with E-state index in [4.69, 9.17) is 10.6 Å². The zero-order valence-corrected chi connectivity index (χ0v) is 19.0. The molecule has 2 aromatic carbocycles. The van der Waals surface area contributed by atoms with E-state index in [0.29, 0.717) is 12.8 Å². The van der Waals surface area contributed by atoms with Crippen LogP contribution in [0.25, 0.3) is 0 Å². The predicted octanol–water partition coefficient (Wildman–Crippen LogP) is 2.62.